The van der Waals surface area contributed by atoms with E-state index < -0.39 is 17.6 Å². The standard InChI is InChI=1S/C29H38N2O7/c1-6-20(7-2)29(19-30,21-15-26(34-3)28(36-5)27(16-21)35-4)14-10-11-22(31(32)33)17-23-18-37-24-12-8-9-13-25(24)38-23/h8-9,12-13,15-16,20,22-23H,6-7,10-11,14,17-18H2,1-5H3. The fourth-order valence-electron chi connectivity index (χ4n) is 5.53. The van der Waals surface area contributed by atoms with Crippen LogP contribution in [0.2, 0.25) is 0 Å². The summed E-state index contributed by atoms with van der Waals surface area (Å²) in [5, 5.41) is 22.6. The van der Waals surface area contributed by atoms with Crippen LogP contribution in [0.25, 0.3) is 0 Å². The molecule has 3 rings (SSSR count). The van der Waals surface area contributed by atoms with Gasteiger partial charge in [0.05, 0.1) is 39.2 Å². The van der Waals surface area contributed by atoms with Gasteiger partial charge in [0.2, 0.25) is 11.8 Å². The van der Waals surface area contributed by atoms with Gasteiger partial charge in [-0.3, -0.25) is 10.1 Å². The largest absolute Gasteiger partial charge is 0.493 e. The van der Waals surface area contributed by atoms with Crippen molar-refractivity contribution in [1.29, 1.82) is 5.26 Å². The highest BCUT2D eigenvalue weighted by Crippen LogP contribution is 2.47. The summed E-state index contributed by atoms with van der Waals surface area (Å²) in [6.45, 7) is 4.40. The molecule has 38 heavy (non-hydrogen) atoms. The SMILES string of the molecule is CCC(CC)C(C#N)(CCCC(CC1COc2ccccc2O1)[N+](=O)[O-])c1cc(OC)c(OC)c(OC)c1. The van der Waals surface area contributed by atoms with Crippen LogP contribution in [0.4, 0.5) is 0 Å². The molecule has 2 aromatic rings. The van der Waals surface area contributed by atoms with E-state index in [1.807, 2.05) is 30.3 Å². The molecule has 1 aliphatic rings. The van der Waals surface area contributed by atoms with Gasteiger partial charge in [0, 0.05) is 11.3 Å². The summed E-state index contributed by atoms with van der Waals surface area (Å²) in [6, 6.07) is 12.8. The molecule has 9 nitrogen and oxygen atoms in total. The van der Waals surface area contributed by atoms with Gasteiger partial charge in [0.1, 0.15) is 12.7 Å². The van der Waals surface area contributed by atoms with E-state index in [0.717, 1.165) is 18.4 Å². The minimum Gasteiger partial charge on any atom is -0.493 e. The fourth-order valence-corrected chi connectivity index (χ4v) is 5.53. The first-order chi connectivity index (χ1) is 18.4. The van der Waals surface area contributed by atoms with E-state index in [2.05, 4.69) is 19.9 Å². The Kier molecular flexibility index (Phi) is 10.1. The molecule has 0 saturated heterocycles. The fraction of sp³-hybridized carbons (Fsp3) is 0.552. The predicted molar refractivity (Wildman–Crippen MR) is 143 cm³/mol. The van der Waals surface area contributed by atoms with Gasteiger partial charge in [-0.05, 0) is 48.6 Å². The maximum Gasteiger partial charge on any atom is 0.216 e. The number of hydrogen-bond donors (Lipinski definition) is 0. The summed E-state index contributed by atoms with van der Waals surface area (Å²) in [5.41, 5.74) is -0.109. The van der Waals surface area contributed by atoms with Crippen molar-refractivity contribution >= 4 is 0 Å². The van der Waals surface area contributed by atoms with Crippen molar-refractivity contribution in [2.45, 2.75) is 69.9 Å². The van der Waals surface area contributed by atoms with Crippen LogP contribution in [0, 0.1) is 27.4 Å². The zero-order valence-electron chi connectivity index (χ0n) is 22.9. The third-order valence-corrected chi connectivity index (χ3v) is 7.57. The van der Waals surface area contributed by atoms with Crippen molar-refractivity contribution in [3.63, 3.8) is 0 Å². The third kappa shape index (κ3) is 6.07. The van der Waals surface area contributed by atoms with Crippen LogP contribution in [-0.4, -0.2) is 45.0 Å². The molecule has 206 valence electrons. The topological polar surface area (TPSA) is 113 Å². The predicted octanol–water partition coefficient (Wildman–Crippen LogP) is 5.96. The number of benzene rings is 2. The van der Waals surface area contributed by atoms with E-state index in [9.17, 15) is 15.4 Å². The number of ether oxygens (including phenoxy) is 5. The molecule has 0 fully saturated rings. The van der Waals surface area contributed by atoms with E-state index in [1.54, 1.807) is 20.3 Å². The van der Waals surface area contributed by atoms with Gasteiger partial charge < -0.3 is 23.7 Å². The Labute approximate surface area is 224 Å². The molecule has 1 aliphatic heterocycles. The van der Waals surface area contributed by atoms with Gasteiger partial charge >= 0.3 is 0 Å². The molecule has 0 bridgehead atoms. The van der Waals surface area contributed by atoms with Crippen molar-refractivity contribution in [1.82, 2.24) is 0 Å². The molecule has 0 saturated carbocycles. The van der Waals surface area contributed by atoms with E-state index in [-0.39, 0.29) is 23.9 Å². The molecule has 0 radical (unpaired) electrons. The molecule has 0 aromatic heterocycles. The zero-order valence-corrected chi connectivity index (χ0v) is 22.9. The summed E-state index contributed by atoms with van der Waals surface area (Å²) < 4.78 is 28.3. The van der Waals surface area contributed by atoms with Crippen LogP contribution < -0.4 is 23.7 Å². The average molecular weight is 527 g/mol. The minimum absolute atomic E-state index is 0.0379. The number of fused-ring (bicyclic) bond motifs is 1. The van der Waals surface area contributed by atoms with E-state index in [0.29, 0.717) is 48.0 Å². The number of para-hydroxylation sites is 2. The molecule has 9 heteroatoms. The Morgan fingerprint density at radius 1 is 1.11 bits per heavy atom. The lowest BCUT2D eigenvalue weighted by Crippen LogP contribution is -2.36. The second-order valence-electron chi connectivity index (χ2n) is 9.58. The van der Waals surface area contributed by atoms with Crippen LogP contribution in [-0.2, 0) is 5.41 Å². The minimum atomic E-state index is -0.874. The molecule has 0 N–H and O–H groups in total. The van der Waals surface area contributed by atoms with Crippen molar-refractivity contribution in [2.75, 3.05) is 27.9 Å². The monoisotopic (exact) mass is 526 g/mol. The van der Waals surface area contributed by atoms with Crippen LogP contribution in [0.1, 0.15) is 57.9 Å². The Morgan fingerprint density at radius 2 is 1.74 bits per heavy atom. The van der Waals surface area contributed by atoms with Crippen molar-refractivity contribution in [2.24, 2.45) is 5.92 Å². The molecule has 3 atom stereocenters. The number of methoxy groups -OCH3 is 3. The van der Waals surface area contributed by atoms with Gasteiger partial charge in [-0.1, -0.05) is 38.8 Å². The smallest absolute Gasteiger partial charge is 0.216 e. The quantitative estimate of drug-likeness (QED) is 0.219. The first-order valence-electron chi connectivity index (χ1n) is 13.1. The Bertz CT molecular complexity index is 1100. The van der Waals surface area contributed by atoms with E-state index in [1.165, 1.54) is 7.11 Å². The number of rotatable bonds is 14. The molecule has 0 aliphatic carbocycles. The number of nitrogens with zero attached hydrogens (tertiary/aromatic N) is 2. The summed E-state index contributed by atoms with van der Waals surface area (Å²) in [4.78, 5) is 11.8. The maximum atomic E-state index is 12.0. The average Bonchev–Trinajstić information content (AvgIpc) is 2.95. The highest BCUT2D eigenvalue weighted by molar-refractivity contribution is 5.56. The van der Waals surface area contributed by atoms with Gasteiger partial charge in [-0.25, -0.2) is 0 Å². The Hall–Kier alpha value is -3.67. The highest BCUT2D eigenvalue weighted by atomic mass is 16.6. The first kappa shape index (κ1) is 28.9. The second-order valence-corrected chi connectivity index (χ2v) is 9.58. The van der Waals surface area contributed by atoms with Crippen LogP contribution >= 0.6 is 0 Å². The summed E-state index contributed by atoms with van der Waals surface area (Å²) in [7, 11) is 4.63. The van der Waals surface area contributed by atoms with Crippen LogP contribution in [0.5, 0.6) is 28.7 Å². The number of nitriles is 1. The van der Waals surface area contributed by atoms with Crippen molar-refractivity contribution in [3.8, 4) is 34.8 Å². The Morgan fingerprint density at radius 3 is 2.26 bits per heavy atom. The third-order valence-electron chi connectivity index (χ3n) is 7.57. The molecule has 2 aromatic carbocycles. The summed E-state index contributed by atoms with van der Waals surface area (Å²) in [6.07, 6.45) is 2.67. The molecule has 0 amide bonds. The highest BCUT2D eigenvalue weighted by Gasteiger charge is 2.41. The van der Waals surface area contributed by atoms with Gasteiger partial charge in [0.25, 0.3) is 0 Å². The molecular weight excluding hydrogens is 488 g/mol. The lowest BCUT2D eigenvalue weighted by molar-refractivity contribution is -0.526. The van der Waals surface area contributed by atoms with Gasteiger partial charge in [-0.15, -0.1) is 0 Å². The number of hydrogen-bond acceptors (Lipinski definition) is 8. The summed E-state index contributed by atoms with van der Waals surface area (Å²) >= 11 is 0. The molecule has 1 heterocycles. The van der Waals surface area contributed by atoms with Crippen molar-refractivity contribution in [3.05, 3.63) is 52.1 Å². The van der Waals surface area contributed by atoms with E-state index in [4.69, 9.17) is 23.7 Å². The van der Waals surface area contributed by atoms with Crippen LogP contribution in [0.3, 0.4) is 0 Å². The lowest BCUT2D eigenvalue weighted by Gasteiger charge is -2.35. The van der Waals surface area contributed by atoms with Crippen molar-refractivity contribution < 1.29 is 28.6 Å². The molecule has 0 spiro atoms. The van der Waals surface area contributed by atoms with Gasteiger partial charge in [0.15, 0.2) is 23.0 Å². The Balaban J connectivity index is 1.83. The van der Waals surface area contributed by atoms with Gasteiger partial charge in [-0.2, -0.15) is 5.26 Å². The normalized spacial score (nSPS) is 16.7. The second kappa shape index (κ2) is 13.2. The maximum absolute atomic E-state index is 12.0. The summed E-state index contributed by atoms with van der Waals surface area (Å²) in [5.74, 6) is 2.70. The zero-order chi connectivity index (χ0) is 27.7. The molecule has 3 unspecified atom stereocenters. The van der Waals surface area contributed by atoms with Crippen LogP contribution in [0.15, 0.2) is 36.4 Å². The lowest BCUT2D eigenvalue weighted by atomic mass is 9.66. The first-order valence-corrected chi connectivity index (χ1v) is 13.1. The van der Waals surface area contributed by atoms with E-state index >= 15 is 0 Å². The number of nitro groups is 1. The molecular formula is C29H38N2O7.